The molecule has 1 aliphatic heterocycles. The van der Waals surface area contributed by atoms with Crippen LogP contribution in [0.4, 0.5) is 0 Å². The second-order valence-corrected chi connectivity index (χ2v) is 3.30. The van der Waals surface area contributed by atoms with Gasteiger partial charge in [-0.25, -0.2) is 0 Å². The predicted molar refractivity (Wildman–Crippen MR) is 50.2 cm³/mol. The summed E-state index contributed by atoms with van der Waals surface area (Å²) in [5.41, 5.74) is 5.41. The fourth-order valence-corrected chi connectivity index (χ4v) is 1.48. The minimum absolute atomic E-state index is 0.836. The van der Waals surface area contributed by atoms with Crippen LogP contribution in [0, 0.1) is 0 Å². The van der Waals surface area contributed by atoms with E-state index in [1.165, 1.54) is 25.8 Å². The van der Waals surface area contributed by atoms with E-state index in [-0.39, 0.29) is 0 Å². The van der Waals surface area contributed by atoms with Crippen molar-refractivity contribution in [3.63, 3.8) is 0 Å². The van der Waals surface area contributed by atoms with Gasteiger partial charge in [-0.2, -0.15) is 0 Å². The Labute approximate surface area is 74.9 Å². The topological polar surface area (TPSA) is 38.5 Å². The first kappa shape index (κ1) is 9.96. The van der Waals surface area contributed by atoms with Crippen LogP contribution in [0.25, 0.3) is 0 Å². The van der Waals surface area contributed by atoms with Crippen molar-refractivity contribution < 1.29 is 4.74 Å². The fourth-order valence-electron chi connectivity index (χ4n) is 1.48. The summed E-state index contributed by atoms with van der Waals surface area (Å²) in [7, 11) is 0. The quantitative estimate of drug-likeness (QED) is 0.612. The van der Waals surface area contributed by atoms with Crippen molar-refractivity contribution in [1.29, 1.82) is 0 Å². The monoisotopic (exact) mass is 172 g/mol. The number of hydrogen-bond donors (Lipinski definition) is 1. The van der Waals surface area contributed by atoms with Crippen molar-refractivity contribution in [1.82, 2.24) is 4.90 Å². The Morgan fingerprint density at radius 2 is 1.83 bits per heavy atom. The molecule has 0 saturated carbocycles. The van der Waals surface area contributed by atoms with Gasteiger partial charge in [0.25, 0.3) is 0 Å². The first-order valence-electron chi connectivity index (χ1n) is 4.93. The predicted octanol–water partition coefficient (Wildman–Crippen LogP) is 0.448. The molecule has 1 heterocycles. The Morgan fingerprint density at radius 1 is 1.08 bits per heavy atom. The number of unbranched alkanes of at least 4 members (excludes halogenated alkanes) is 2. The van der Waals surface area contributed by atoms with E-state index in [1.54, 1.807) is 0 Å². The molecule has 0 bridgehead atoms. The molecular formula is C9H20N2O. The number of nitrogens with zero attached hydrogens (tertiary/aromatic N) is 1. The molecule has 0 aromatic heterocycles. The molecule has 72 valence electrons. The molecule has 0 atom stereocenters. The molecule has 3 nitrogen and oxygen atoms in total. The number of hydrogen-bond acceptors (Lipinski definition) is 3. The van der Waals surface area contributed by atoms with Crippen LogP contribution in [-0.2, 0) is 4.74 Å². The summed E-state index contributed by atoms with van der Waals surface area (Å²) in [5, 5.41) is 0. The van der Waals surface area contributed by atoms with E-state index in [4.69, 9.17) is 10.5 Å². The van der Waals surface area contributed by atoms with E-state index < -0.39 is 0 Å². The van der Waals surface area contributed by atoms with Gasteiger partial charge in [-0.15, -0.1) is 0 Å². The third kappa shape index (κ3) is 4.04. The summed E-state index contributed by atoms with van der Waals surface area (Å²) in [6.07, 6.45) is 3.73. The summed E-state index contributed by atoms with van der Waals surface area (Å²) in [5.74, 6) is 0. The molecule has 0 radical (unpaired) electrons. The number of rotatable bonds is 5. The van der Waals surface area contributed by atoms with Crippen LogP contribution in [0.15, 0.2) is 0 Å². The van der Waals surface area contributed by atoms with Crippen molar-refractivity contribution in [3.05, 3.63) is 0 Å². The van der Waals surface area contributed by atoms with Gasteiger partial charge in [0, 0.05) is 13.1 Å². The third-order valence-corrected chi connectivity index (χ3v) is 2.28. The van der Waals surface area contributed by atoms with Gasteiger partial charge in [0.15, 0.2) is 0 Å². The molecular weight excluding hydrogens is 152 g/mol. The van der Waals surface area contributed by atoms with E-state index >= 15 is 0 Å². The van der Waals surface area contributed by atoms with E-state index in [1.807, 2.05) is 0 Å². The molecule has 0 aliphatic carbocycles. The van der Waals surface area contributed by atoms with Crippen LogP contribution >= 0.6 is 0 Å². The van der Waals surface area contributed by atoms with Crippen LogP contribution in [0.1, 0.15) is 19.3 Å². The molecule has 1 fully saturated rings. The van der Waals surface area contributed by atoms with Gasteiger partial charge in [0.2, 0.25) is 0 Å². The number of nitrogens with two attached hydrogens (primary N) is 1. The Balaban J connectivity index is 1.91. The summed E-state index contributed by atoms with van der Waals surface area (Å²) in [6.45, 7) is 6.12. The zero-order chi connectivity index (χ0) is 8.65. The number of morpholine rings is 1. The van der Waals surface area contributed by atoms with Gasteiger partial charge in [-0.3, -0.25) is 4.90 Å². The summed E-state index contributed by atoms with van der Waals surface area (Å²) >= 11 is 0. The third-order valence-electron chi connectivity index (χ3n) is 2.28. The van der Waals surface area contributed by atoms with Crippen LogP contribution < -0.4 is 5.73 Å². The number of ether oxygens (including phenoxy) is 1. The normalized spacial score (nSPS) is 19.8. The van der Waals surface area contributed by atoms with Crippen molar-refractivity contribution >= 4 is 0 Å². The van der Waals surface area contributed by atoms with Crippen molar-refractivity contribution in [3.8, 4) is 0 Å². The summed E-state index contributed by atoms with van der Waals surface area (Å²) < 4.78 is 5.27. The molecule has 0 amide bonds. The highest BCUT2D eigenvalue weighted by molar-refractivity contribution is 4.61. The van der Waals surface area contributed by atoms with E-state index in [0.717, 1.165) is 32.8 Å². The molecule has 2 N–H and O–H groups in total. The lowest BCUT2D eigenvalue weighted by Crippen LogP contribution is -2.36. The van der Waals surface area contributed by atoms with E-state index in [2.05, 4.69) is 4.90 Å². The van der Waals surface area contributed by atoms with Gasteiger partial charge in [-0.05, 0) is 25.9 Å². The second kappa shape index (κ2) is 6.40. The van der Waals surface area contributed by atoms with Crippen molar-refractivity contribution in [2.45, 2.75) is 19.3 Å². The molecule has 0 spiro atoms. The van der Waals surface area contributed by atoms with Crippen LogP contribution in [0.3, 0.4) is 0 Å². The Kier molecular flexibility index (Phi) is 5.32. The Morgan fingerprint density at radius 3 is 2.50 bits per heavy atom. The first-order chi connectivity index (χ1) is 5.93. The summed E-state index contributed by atoms with van der Waals surface area (Å²) in [4.78, 5) is 2.47. The van der Waals surface area contributed by atoms with Gasteiger partial charge in [0.1, 0.15) is 0 Å². The van der Waals surface area contributed by atoms with E-state index in [0.29, 0.717) is 0 Å². The van der Waals surface area contributed by atoms with Crippen LogP contribution in [0.5, 0.6) is 0 Å². The molecule has 0 aromatic rings. The Bertz CT molecular complexity index is 103. The first-order valence-corrected chi connectivity index (χ1v) is 4.93. The largest absolute Gasteiger partial charge is 0.379 e. The average molecular weight is 172 g/mol. The minimum atomic E-state index is 0.836. The zero-order valence-corrected chi connectivity index (χ0v) is 7.80. The lowest BCUT2D eigenvalue weighted by atomic mass is 10.2. The van der Waals surface area contributed by atoms with Gasteiger partial charge in [0.05, 0.1) is 13.2 Å². The highest BCUT2D eigenvalue weighted by Crippen LogP contribution is 2.01. The van der Waals surface area contributed by atoms with Crippen molar-refractivity contribution in [2.24, 2.45) is 5.73 Å². The molecule has 0 aromatic carbocycles. The highest BCUT2D eigenvalue weighted by atomic mass is 16.5. The molecule has 1 aliphatic rings. The summed E-state index contributed by atoms with van der Waals surface area (Å²) in [6, 6.07) is 0. The lowest BCUT2D eigenvalue weighted by molar-refractivity contribution is 0.0371. The Hall–Kier alpha value is -0.120. The maximum absolute atomic E-state index is 5.41. The molecule has 0 unspecified atom stereocenters. The molecule has 1 rings (SSSR count). The highest BCUT2D eigenvalue weighted by Gasteiger charge is 2.08. The maximum Gasteiger partial charge on any atom is 0.0594 e. The van der Waals surface area contributed by atoms with Gasteiger partial charge in [-0.1, -0.05) is 6.42 Å². The van der Waals surface area contributed by atoms with Crippen LogP contribution in [0.2, 0.25) is 0 Å². The maximum atomic E-state index is 5.41. The van der Waals surface area contributed by atoms with E-state index in [9.17, 15) is 0 Å². The average Bonchev–Trinajstić information content (AvgIpc) is 2.14. The minimum Gasteiger partial charge on any atom is -0.379 e. The second-order valence-electron chi connectivity index (χ2n) is 3.30. The van der Waals surface area contributed by atoms with Gasteiger partial charge >= 0.3 is 0 Å². The zero-order valence-electron chi connectivity index (χ0n) is 7.80. The molecule has 1 saturated heterocycles. The SMILES string of the molecule is NCCCCCN1CCOCC1. The van der Waals surface area contributed by atoms with Gasteiger partial charge < -0.3 is 10.5 Å². The molecule has 3 heteroatoms. The standard InChI is InChI=1S/C9H20N2O/c10-4-2-1-3-5-11-6-8-12-9-7-11/h1-10H2. The van der Waals surface area contributed by atoms with Crippen LogP contribution in [-0.4, -0.2) is 44.3 Å². The smallest absolute Gasteiger partial charge is 0.0594 e. The lowest BCUT2D eigenvalue weighted by Gasteiger charge is -2.26. The molecule has 12 heavy (non-hydrogen) atoms. The fraction of sp³-hybridized carbons (Fsp3) is 1.00. The van der Waals surface area contributed by atoms with Crippen molar-refractivity contribution in [2.75, 3.05) is 39.4 Å².